The van der Waals surface area contributed by atoms with E-state index in [0.717, 1.165) is 10.8 Å². The Kier molecular flexibility index (Phi) is 3.20. The van der Waals surface area contributed by atoms with Crippen LogP contribution in [0.25, 0.3) is 10.8 Å². The van der Waals surface area contributed by atoms with Gasteiger partial charge in [-0.05, 0) is 23.6 Å². The molecule has 0 fully saturated rings. The summed E-state index contributed by atoms with van der Waals surface area (Å²) in [5.74, 6) is -0.386. The SMILES string of the molecule is O=C(O)c1ccc2ccnc(NCCO)c2c1. The molecule has 2 rings (SSSR count). The molecule has 0 aliphatic rings. The summed E-state index contributed by atoms with van der Waals surface area (Å²) in [7, 11) is 0. The first-order valence-corrected chi connectivity index (χ1v) is 5.19. The minimum absolute atomic E-state index is 0.00328. The second-order valence-electron chi connectivity index (χ2n) is 3.55. The number of aromatic nitrogens is 1. The first-order chi connectivity index (χ1) is 8.22. The van der Waals surface area contributed by atoms with E-state index in [0.29, 0.717) is 12.4 Å². The number of nitrogens with zero attached hydrogens (tertiary/aromatic N) is 1. The maximum absolute atomic E-state index is 10.9. The van der Waals surface area contributed by atoms with E-state index in [1.807, 2.05) is 6.07 Å². The van der Waals surface area contributed by atoms with E-state index >= 15 is 0 Å². The van der Waals surface area contributed by atoms with Gasteiger partial charge in [-0.2, -0.15) is 0 Å². The normalized spacial score (nSPS) is 10.4. The van der Waals surface area contributed by atoms with E-state index in [4.69, 9.17) is 10.2 Å². The highest BCUT2D eigenvalue weighted by atomic mass is 16.4. The Morgan fingerprint density at radius 2 is 2.18 bits per heavy atom. The Morgan fingerprint density at radius 3 is 2.88 bits per heavy atom. The van der Waals surface area contributed by atoms with Crippen molar-refractivity contribution in [3.05, 3.63) is 36.0 Å². The number of rotatable bonds is 4. The molecule has 0 amide bonds. The second kappa shape index (κ2) is 4.80. The van der Waals surface area contributed by atoms with Crippen LogP contribution in [0.3, 0.4) is 0 Å². The number of hydrogen-bond acceptors (Lipinski definition) is 4. The van der Waals surface area contributed by atoms with Crippen molar-refractivity contribution in [2.24, 2.45) is 0 Å². The molecule has 0 spiro atoms. The zero-order chi connectivity index (χ0) is 12.3. The molecule has 0 aliphatic heterocycles. The second-order valence-corrected chi connectivity index (χ2v) is 3.55. The van der Waals surface area contributed by atoms with Crippen molar-refractivity contribution < 1.29 is 15.0 Å². The van der Waals surface area contributed by atoms with E-state index in [1.54, 1.807) is 24.4 Å². The number of nitrogens with one attached hydrogen (secondary N) is 1. The van der Waals surface area contributed by atoms with Gasteiger partial charge >= 0.3 is 5.97 Å². The predicted octanol–water partition coefficient (Wildman–Crippen LogP) is 1.34. The van der Waals surface area contributed by atoms with Gasteiger partial charge in [0.15, 0.2) is 0 Å². The average molecular weight is 232 g/mol. The quantitative estimate of drug-likeness (QED) is 0.741. The van der Waals surface area contributed by atoms with Crippen LogP contribution in [0.15, 0.2) is 30.5 Å². The molecule has 0 unspecified atom stereocenters. The monoisotopic (exact) mass is 232 g/mol. The molecular formula is C12H12N2O3. The number of anilines is 1. The van der Waals surface area contributed by atoms with Gasteiger partial charge in [0, 0.05) is 18.1 Å². The van der Waals surface area contributed by atoms with Crippen LogP contribution in [-0.4, -0.2) is 34.3 Å². The number of carbonyl (C=O) groups is 1. The number of hydrogen-bond donors (Lipinski definition) is 3. The van der Waals surface area contributed by atoms with E-state index in [9.17, 15) is 4.79 Å². The van der Waals surface area contributed by atoms with Crippen molar-refractivity contribution >= 4 is 22.6 Å². The standard InChI is InChI=1S/C12H12N2O3/c15-6-5-14-11-10-7-9(12(16)17)2-1-8(10)3-4-13-11/h1-4,7,15H,5-6H2,(H,13,14)(H,16,17). The molecular weight excluding hydrogens is 220 g/mol. The fourth-order valence-electron chi connectivity index (χ4n) is 1.62. The van der Waals surface area contributed by atoms with Gasteiger partial charge in [-0.15, -0.1) is 0 Å². The van der Waals surface area contributed by atoms with Crippen LogP contribution in [0.5, 0.6) is 0 Å². The minimum Gasteiger partial charge on any atom is -0.478 e. The summed E-state index contributed by atoms with van der Waals surface area (Å²) in [5, 5.41) is 22.3. The van der Waals surface area contributed by atoms with E-state index < -0.39 is 5.97 Å². The Labute approximate surface area is 97.7 Å². The third-order valence-electron chi connectivity index (χ3n) is 2.42. The third-order valence-corrected chi connectivity index (χ3v) is 2.42. The molecule has 2 aromatic rings. The van der Waals surface area contributed by atoms with Gasteiger partial charge in [0.25, 0.3) is 0 Å². The maximum Gasteiger partial charge on any atom is 0.335 e. The molecule has 3 N–H and O–H groups in total. The van der Waals surface area contributed by atoms with Crippen molar-refractivity contribution in [2.45, 2.75) is 0 Å². The topological polar surface area (TPSA) is 82.5 Å². The summed E-state index contributed by atoms with van der Waals surface area (Å²) in [6.07, 6.45) is 1.64. The minimum atomic E-state index is -0.969. The zero-order valence-corrected chi connectivity index (χ0v) is 9.05. The summed E-state index contributed by atoms with van der Waals surface area (Å²) >= 11 is 0. The molecule has 0 saturated heterocycles. The van der Waals surface area contributed by atoms with E-state index in [-0.39, 0.29) is 12.2 Å². The highest BCUT2D eigenvalue weighted by Gasteiger charge is 2.07. The van der Waals surface area contributed by atoms with Crippen LogP contribution in [-0.2, 0) is 0 Å². The number of pyridine rings is 1. The smallest absolute Gasteiger partial charge is 0.335 e. The Bertz CT molecular complexity index is 554. The molecule has 0 bridgehead atoms. The van der Waals surface area contributed by atoms with Crippen LogP contribution in [0, 0.1) is 0 Å². The number of carboxylic acid groups (broad SMARTS) is 1. The number of aromatic carboxylic acids is 1. The van der Waals surface area contributed by atoms with Gasteiger partial charge < -0.3 is 15.5 Å². The lowest BCUT2D eigenvalue weighted by Gasteiger charge is -2.07. The number of aliphatic hydroxyl groups excluding tert-OH is 1. The molecule has 0 aliphatic carbocycles. The highest BCUT2D eigenvalue weighted by molar-refractivity contribution is 5.98. The lowest BCUT2D eigenvalue weighted by atomic mass is 10.1. The van der Waals surface area contributed by atoms with Gasteiger partial charge in [-0.3, -0.25) is 0 Å². The van der Waals surface area contributed by atoms with Crippen molar-refractivity contribution in [3.8, 4) is 0 Å². The molecule has 1 aromatic carbocycles. The van der Waals surface area contributed by atoms with Gasteiger partial charge in [-0.1, -0.05) is 6.07 Å². The van der Waals surface area contributed by atoms with Crippen molar-refractivity contribution in [3.63, 3.8) is 0 Å². The third kappa shape index (κ3) is 2.34. The molecule has 0 radical (unpaired) electrons. The van der Waals surface area contributed by atoms with Gasteiger partial charge in [-0.25, -0.2) is 9.78 Å². The first kappa shape index (κ1) is 11.3. The Balaban J connectivity index is 2.51. The van der Waals surface area contributed by atoms with E-state index in [2.05, 4.69) is 10.3 Å². The fourth-order valence-corrected chi connectivity index (χ4v) is 1.62. The van der Waals surface area contributed by atoms with Crippen LogP contribution in [0.1, 0.15) is 10.4 Å². The first-order valence-electron chi connectivity index (χ1n) is 5.19. The summed E-state index contributed by atoms with van der Waals surface area (Å²) in [6.45, 7) is 0.375. The van der Waals surface area contributed by atoms with Crippen LogP contribution in [0.2, 0.25) is 0 Å². The largest absolute Gasteiger partial charge is 0.478 e. The molecule has 5 nitrogen and oxygen atoms in total. The molecule has 0 saturated carbocycles. The summed E-state index contributed by atoms with van der Waals surface area (Å²) in [4.78, 5) is 15.0. The number of carboxylic acids is 1. The molecule has 1 heterocycles. The molecule has 17 heavy (non-hydrogen) atoms. The Hall–Kier alpha value is -2.14. The average Bonchev–Trinajstić information content (AvgIpc) is 2.35. The van der Waals surface area contributed by atoms with Crippen LogP contribution < -0.4 is 5.32 Å². The van der Waals surface area contributed by atoms with E-state index in [1.165, 1.54) is 0 Å². The molecule has 0 atom stereocenters. The van der Waals surface area contributed by atoms with Crippen LogP contribution in [0.4, 0.5) is 5.82 Å². The van der Waals surface area contributed by atoms with Gasteiger partial charge in [0.1, 0.15) is 5.82 Å². The summed E-state index contributed by atoms with van der Waals surface area (Å²) in [6, 6.07) is 6.68. The summed E-state index contributed by atoms with van der Waals surface area (Å²) in [5.41, 5.74) is 0.220. The molecule has 88 valence electrons. The maximum atomic E-state index is 10.9. The van der Waals surface area contributed by atoms with Gasteiger partial charge in [0.2, 0.25) is 0 Å². The zero-order valence-electron chi connectivity index (χ0n) is 9.05. The van der Waals surface area contributed by atoms with Gasteiger partial charge in [0.05, 0.1) is 12.2 Å². The number of aliphatic hydroxyl groups is 1. The fraction of sp³-hybridized carbons (Fsp3) is 0.167. The lowest BCUT2D eigenvalue weighted by molar-refractivity contribution is 0.0697. The van der Waals surface area contributed by atoms with Crippen molar-refractivity contribution in [1.29, 1.82) is 0 Å². The van der Waals surface area contributed by atoms with Crippen LogP contribution >= 0.6 is 0 Å². The Morgan fingerprint density at radius 1 is 1.35 bits per heavy atom. The van der Waals surface area contributed by atoms with Crippen molar-refractivity contribution in [2.75, 3.05) is 18.5 Å². The molecule has 1 aromatic heterocycles. The summed E-state index contributed by atoms with van der Waals surface area (Å²) < 4.78 is 0. The number of benzene rings is 1. The predicted molar refractivity (Wildman–Crippen MR) is 64.3 cm³/mol. The lowest BCUT2D eigenvalue weighted by Crippen LogP contribution is -2.07. The van der Waals surface area contributed by atoms with Crippen molar-refractivity contribution in [1.82, 2.24) is 4.98 Å². The number of fused-ring (bicyclic) bond motifs is 1. The highest BCUT2D eigenvalue weighted by Crippen LogP contribution is 2.22. The molecule has 5 heteroatoms.